The van der Waals surface area contributed by atoms with Crippen molar-refractivity contribution >= 4 is 23.5 Å². The number of thioether (sulfide) groups is 1. The highest BCUT2D eigenvalue weighted by Crippen LogP contribution is 2.18. The average molecular weight is 282 g/mol. The third-order valence-corrected chi connectivity index (χ3v) is 3.43. The molecule has 2 amide bonds. The smallest absolute Gasteiger partial charge is 0.322 e. The average Bonchev–Trinajstić information content (AvgIpc) is 2.36. The van der Waals surface area contributed by atoms with Crippen molar-refractivity contribution in [2.24, 2.45) is 0 Å². The van der Waals surface area contributed by atoms with Crippen LogP contribution in [0.4, 0.5) is 10.5 Å². The Hall–Kier alpha value is -1.20. The summed E-state index contributed by atoms with van der Waals surface area (Å²) in [6.45, 7) is 5.86. The van der Waals surface area contributed by atoms with Crippen LogP contribution in [0.25, 0.3) is 0 Å². The fourth-order valence-electron chi connectivity index (χ4n) is 1.68. The van der Waals surface area contributed by atoms with Gasteiger partial charge in [0.1, 0.15) is 0 Å². The Morgan fingerprint density at radius 2 is 1.89 bits per heavy atom. The molecule has 1 atom stereocenters. The number of amides is 2. The van der Waals surface area contributed by atoms with Crippen LogP contribution in [0.1, 0.15) is 20.8 Å². The van der Waals surface area contributed by atoms with Crippen molar-refractivity contribution in [3.05, 3.63) is 24.3 Å². The van der Waals surface area contributed by atoms with Gasteiger partial charge in [-0.2, -0.15) is 0 Å². The van der Waals surface area contributed by atoms with Gasteiger partial charge in [0.15, 0.2) is 0 Å². The van der Waals surface area contributed by atoms with E-state index in [2.05, 4.69) is 5.32 Å². The van der Waals surface area contributed by atoms with E-state index >= 15 is 0 Å². The summed E-state index contributed by atoms with van der Waals surface area (Å²) < 4.78 is 0. The van der Waals surface area contributed by atoms with Gasteiger partial charge in [0.05, 0.1) is 6.10 Å². The molecule has 0 spiro atoms. The third kappa shape index (κ3) is 5.12. The minimum atomic E-state index is -0.535. The molecule has 0 aromatic heterocycles. The zero-order chi connectivity index (χ0) is 14.4. The number of benzene rings is 1. The molecule has 1 unspecified atom stereocenters. The number of hydrogen-bond donors (Lipinski definition) is 2. The summed E-state index contributed by atoms with van der Waals surface area (Å²) in [5.74, 6) is 0. The summed E-state index contributed by atoms with van der Waals surface area (Å²) >= 11 is 1.66. The Kier molecular flexibility index (Phi) is 6.18. The maximum Gasteiger partial charge on any atom is 0.322 e. The standard InChI is InChI=1S/C14H22N2O2S/c1-10(2)16(9-11(3)17)14(18)15-12-5-7-13(19-4)8-6-12/h5-8,10-11,17H,9H2,1-4H3,(H,15,18). The predicted octanol–water partition coefficient (Wildman–Crippen LogP) is 3.03. The van der Waals surface area contributed by atoms with Crippen LogP contribution in [0.15, 0.2) is 29.2 Å². The molecule has 5 heteroatoms. The van der Waals surface area contributed by atoms with Crippen LogP contribution in [-0.2, 0) is 0 Å². The monoisotopic (exact) mass is 282 g/mol. The quantitative estimate of drug-likeness (QED) is 0.816. The number of hydrogen-bond acceptors (Lipinski definition) is 3. The lowest BCUT2D eigenvalue weighted by Gasteiger charge is -2.28. The summed E-state index contributed by atoms with van der Waals surface area (Å²) in [4.78, 5) is 14.9. The highest BCUT2D eigenvalue weighted by Gasteiger charge is 2.18. The van der Waals surface area contributed by atoms with Gasteiger partial charge >= 0.3 is 6.03 Å². The Bertz CT molecular complexity index is 404. The predicted molar refractivity (Wildman–Crippen MR) is 80.8 cm³/mol. The normalized spacial score (nSPS) is 12.3. The van der Waals surface area contributed by atoms with Crippen molar-refractivity contribution in [3.8, 4) is 0 Å². The van der Waals surface area contributed by atoms with Crippen LogP contribution in [0.5, 0.6) is 0 Å². The molecule has 1 rings (SSSR count). The number of nitrogens with one attached hydrogen (secondary N) is 1. The van der Waals surface area contributed by atoms with Crippen LogP contribution < -0.4 is 5.32 Å². The first-order chi connectivity index (χ1) is 8.93. The minimum absolute atomic E-state index is 0.0417. The molecular formula is C14H22N2O2S. The molecule has 0 heterocycles. The van der Waals surface area contributed by atoms with Gasteiger partial charge in [-0.25, -0.2) is 4.79 Å². The second kappa shape index (κ2) is 7.40. The zero-order valence-electron chi connectivity index (χ0n) is 11.9. The van der Waals surface area contributed by atoms with E-state index in [0.717, 1.165) is 10.6 Å². The molecule has 0 fully saturated rings. The number of anilines is 1. The Morgan fingerprint density at radius 1 is 1.32 bits per heavy atom. The Balaban J connectivity index is 2.69. The molecule has 0 radical (unpaired) electrons. The highest BCUT2D eigenvalue weighted by molar-refractivity contribution is 7.98. The second-order valence-corrected chi connectivity index (χ2v) is 5.63. The lowest BCUT2D eigenvalue weighted by Crippen LogP contribution is -2.43. The molecule has 0 bridgehead atoms. The summed E-state index contributed by atoms with van der Waals surface area (Å²) in [5, 5.41) is 12.3. The summed E-state index contributed by atoms with van der Waals surface area (Å²) in [6, 6.07) is 7.55. The Labute approximate surface area is 119 Å². The van der Waals surface area contributed by atoms with Gasteiger partial charge in [0.25, 0.3) is 0 Å². The lowest BCUT2D eigenvalue weighted by atomic mass is 10.3. The van der Waals surface area contributed by atoms with Crippen LogP contribution in [0.3, 0.4) is 0 Å². The second-order valence-electron chi connectivity index (χ2n) is 4.75. The van der Waals surface area contributed by atoms with Crippen LogP contribution in [0.2, 0.25) is 0 Å². The lowest BCUT2D eigenvalue weighted by molar-refractivity contribution is 0.125. The first-order valence-corrected chi connectivity index (χ1v) is 7.56. The van der Waals surface area contributed by atoms with E-state index in [0.29, 0.717) is 6.54 Å². The van der Waals surface area contributed by atoms with Gasteiger partial charge < -0.3 is 15.3 Å². The SMILES string of the molecule is CSc1ccc(NC(=O)N(CC(C)O)C(C)C)cc1. The van der Waals surface area contributed by atoms with Crippen molar-refractivity contribution in [2.75, 3.05) is 18.1 Å². The molecule has 106 valence electrons. The summed E-state index contributed by atoms with van der Waals surface area (Å²) in [7, 11) is 0. The largest absolute Gasteiger partial charge is 0.392 e. The number of aliphatic hydroxyl groups is 1. The van der Waals surface area contributed by atoms with Gasteiger partial charge in [0, 0.05) is 23.2 Å². The van der Waals surface area contributed by atoms with Gasteiger partial charge in [-0.05, 0) is 51.3 Å². The van der Waals surface area contributed by atoms with Gasteiger partial charge in [0.2, 0.25) is 0 Å². The van der Waals surface area contributed by atoms with Gasteiger partial charge in [-0.3, -0.25) is 0 Å². The van der Waals surface area contributed by atoms with E-state index in [1.807, 2.05) is 44.4 Å². The van der Waals surface area contributed by atoms with Gasteiger partial charge in [-0.1, -0.05) is 0 Å². The van der Waals surface area contributed by atoms with E-state index in [1.165, 1.54) is 0 Å². The number of aliphatic hydroxyl groups excluding tert-OH is 1. The molecule has 0 saturated heterocycles. The summed E-state index contributed by atoms with van der Waals surface area (Å²) in [6.07, 6.45) is 1.48. The molecule has 4 nitrogen and oxygen atoms in total. The fraction of sp³-hybridized carbons (Fsp3) is 0.500. The minimum Gasteiger partial charge on any atom is -0.392 e. The number of carbonyl (C=O) groups is 1. The van der Waals surface area contributed by atoms with Crippen LogP contribution in [0, 0.1) is 0 Å². The van der Waals surface area contributed by atoms with E-state index in [4.69, 9.17) is 0 Å². The topological polar surface area (TPSA) is 52.6 Å². The highest BCUT2D eigenvalue weighted by atomic mass is 32.2. The summed E-state index contributed by atoms with van der Waals surface area (Å²) in [5.41, 5.74) is 0.763. The molecular weight excluding hydrogens is 260 g/mol. The van der Waals surface area contributed by atoms with Crippen molar-refractivity contribution in [1.82, 2.24) is 4.90 Å². The number of rotatable bonds is 5. The number of nitrogens with zero attached hydrogens (tertiary/aromatic N) is 1. The van der Waals surface area contributed by atoms with Crippen molar-refractivity contribution < 1.29 is 9.90 Å². The molecule has 0 aliphatic carbocycles. The van der Waals surface area contributed by atoms with E-state index < -0.39 is 6.10 Å². The third-order valence-electron chi connectivity index (χ3n) is 2.69. The maximum atomic E-state index is 12.1. The number of carbonyl (C=O) groups excluding carboxylic acids is 1. The molecule has 0 aliphatic heterocycles. The van der Waals surface area contributed by atoms with Crippen molar-refractivity contribution in [2.45, 2.75) is 37.8 Å². The Morgan fingerprint density at radius 3 is 2.32 bits per heavy atom. The molecule has 0 saturated carbocycles. The van der Waals surface area contributed by atoms with Crippen LogP contribution in [-0.4, -0.2) is 41.0 Å². The van der Waals surface area contributed by atoms with E-state index in [-0.39, 0.29) is 12.1 Å². The number of urea groups is 1. The fourth-order valence-corrected chi connectivity index (χ4v) is 2.09. The van der Waals surface area contributed by atoms with E-state index in [1.54, 1.807) is 23.6 Å². The molecule has 19 heavy (non-hydrogen) atoms. The molecule has 2 N–H and O–H groups in total. The molecule has 1 aromatic carbocycles. The van der Waals surface area contributed by atoms with Gasteiger partial charge in [-0.15, -0.1) is 11.8 Å². The van der Waals surface area contributed by atoms with Crippen molar-refractivity contribution in [1.29, 1.82) is 0 Å². The molecule has 0 aliphatic rings. The zero-order valence-corrected chi connectivity index (χ0v) is 12.7. The van der Waals surface area contributed by atoms with Crippen molar-refractivity contribution in [3.63, 3.8) is 0 Å². The molecule has 1 aromatic rings. The van der Waals surface area contributed by atoms with Crippen LogP contribution >= 0.6 is 11.8 Å². The maximum absolute atomic E-state index is 12.1. The first-order valence-electron chi connectivity index (χ1n) is 6.33. The van der Waals surface area contributed by atoms with E-state index in [9.17, 15) is 9.90 Å². The first kappa shape index (κ1) is 15.9.